The Balaban J connectivity index is 1.82. The molecule has 0 fully saturated rings. The molecule has 0 aliphatic carbocycles. The normalized spacial score (nSPS) is 10.3. The van der Waals surface area contributed by atoms with Gasteiger partial charge in [-0.1, -0.05) is 37.1 Å². The molecule has 0 aliphatic heterocycles. The number of carbonyl (C=O) groups excluding carboxylic acids is 1. The van der Waals surface area contributed by atoms with Crippen LogP contribution in [0.25, 0.3) is 0 Å². The first kappa shape index (κ1) is 17.3. The maximum atomic E-state index is 12.2. The van der Waals surface area contributed by atoms with Crippen molar-refractivity contribution >= 4 is 23.2 Å². The van der Waals surface area contributed by atoms with Gasteiger partial charge in [0.15, 0.2) is 0 Å². The number of rotatable bonds is 8. The second-order valence-corrected chi connectivity index (χ2v) is 5.81. The number of anilines is 1. The van der Waals surface area contributed by atoms with E-state index in [1.54, 1.807) is 12.4 Å². The Bertz CT molecular complexity index is 628. The zero-order valence-electron chi connectivity index (χ0n) is 13.3. The smallest absolute Gasteiger partial charge is 0.252 e. The van der Waals surface area contributed by atoms with Crippen molar-refractivity contribution in [2.24, 2.45) is 0 Å². The molecule has 23 heavy (non-hydrogen) atoms. The lowest BCUT2D eigenvalue weighted by Crippen LogP contribution is -2.25. The van der Waals surface area contributed by atoms with Gasteiger partial charge in [-0.25, -0.2) is 0 Å². The van der Waals surface area contributed by atoms with Crippen molar-refractivity contribution in [3.8, 4) is 0 Å². The minimum atomic E-state index is -0.106. The third-order valence-electron chi connectivity index (χ3n) is 3.47. The predicted molar refractivity (Wildman–Crippen MR) is 95.1 cm³/mol. The molecule has 1 heterocycles. The predicted octanol–water partition coefficient (Wildman–Crippen LogP) is 3.92. The monoisotopic (exact) mass is 331 g/mol. The van der Waals surface area contributed by atoms with Crippen LogP contribution in [0.5, 0.6) is 0 Å². The molecule has 2 N–H and O–H groups in total. The van der Waals surface area contributed by atoms with Crippen LogP contribution in [0.15, 0.2) is 42.7 Å². The van der Waals surface area contributed by atoms with Crippen LogP contribution in [0.1, 0.15) is 35.7 Å². The molecular weight excluding hydrogens is 310 g/mol. The molecule has 0 radical (unpaired) electrons. The third kappa shape index (κ3) is 5.91. The third-order valence-corrected chi connectivity index (χ3v) is 3.72. The number of aromatic nitrogens is 1. The van der Waals surface area contributed by atoms with Crippen LogP contribution in [0, 0.1) is 0 Å². The fraction of sp³-hybridized carbons (Fsp3) is 0.333. The second kappa shape index (κ2) is 9.16. The number of hydrogen-bond donors (Lipinski definition) is 2. The Labute approximate surface area is 142 Å². The van der Waals surface area contributed by atoms with Gasteiger partial charge in [0, 0.05) is 30.5 Å². The van der Waals surface area contributed by atoms with Crippen molar-refractivity contribution in [1.29, 1.82) is 0 Å². The number of nitrogens with one attached hydrogen (secondary N) is 2. The van der Waals surface area contributed by atoms with Crippen molar-refractivity contribution in [3.63, 3.8) is 0 Å². The molecule has 0 saturated heterocycles. The van der Waals surface area contributed by atoms with Crippen LogP contribution in [0.4, 0.5) is 5.69 Å². The van der Waals surface area contributed by atoms with E-state index in [4.69, 9.17) is 11.6 Å². The largest absolute Gasteiger partial charge is 0.384 e. The Morgan fingerprint density at radius 3 is 2.70 bits per heavy atom. The molecule has 1 aromatic carbocycles. The van der Waals surface area contributed by atoms with Crippen LogP contribution in [0.3, 0.4) is 0 Å². The van der Waals surface area contributed by atoms with Crippen LogP contribution in [-0.4, -0.2) is 24.0 Å². The average Bonchev–Trinajstić information content (AvgIpc) is 2.57. The van der Waals surface area contributed by atoms with Gasteiger partial charge in [0.1, 0.15) is 0 Å². The molecule has 0 spiro atoms. The maximum absolute atomic E-state index is 12.2. The molecule has 0 bridgehead atoms. The fourth-order valence-electron chi connectivity index (χ4n) is 2.14. The number of pyridine rings is 1. The first-order valence-electron chi connectivity index (χ1n) is 7.90. The van der Waals surface area contributed by atoms with E-state index in [2.05, 4.69) is 22.5 Å². The van der Waals surface area contributed by atoms with Crippen molar-refractivity contribution in [2.75, 3.05) is 18.4 Å². The quantitative estimate of drug-likeness (QED) is 0.721. The minimum Gasteiger partial charge on any atom is -0.384 e. The SMILES string of the molecule is CCCCNc1cncc(C(=O)NCCc2ccc(Cl)cc2)c1. The van der Waals surface area contributed by atoms with E-state index in [9.17, 15) is 4.79 Å². The molecule has 0 unspecified atom stereocenters. The highest BCUT2D eigenvalue weighted by Gasteiger charge is 2.06. The summed E-state index contributed by atoms with van der Waals surface area (Å²) in [5.74, 6) is -0.106. The van der Waals surface area contributed by atoms with E-state index >= 15 is 0 Å². The van der Waals surface area contributed by atoms with Gasteiger partial charge in [0.25, 0.3) is 5.91 Å². The van der Waals surface area contributed by atoms with Gasteiger partial charge in [-0.05, 0) is 36.6 Å². The molecule has 2 aromatic rings. The summed E-state index contributed by atoms with van der Waals surface area (Å²) in [6, 6.07) is 9.48. The van der Waals surface area contributed by atoms with Gasteiger partial charge >= 0.3 is 0 Å². The number of amides is 1. The zero-order chi connectivity index (χ0) is 16.5. The van der Waals surface area contributed by atoms with Crippen molar-refractivity contribution in [2.45, 2.75) is 26.2 Å². The second-order valence-electron chi connectivity index (χ2n) is 5.37. The van der Waals surface area contributed by atoms with Crippen LogP contribution in [0.2, 0.25) is 5.02 Å². The fourth-order valence-corrected chi connectivity index (χ4v) is 2.27. The Hall–Kier alpha value is -2.07. The number of benzene rings is 1. The molecule has 1 amide bonds. The number of nitrogens with zero attached hydrogens (tertiary/aromatic N) is 1. The number of unbranched alkanes of at least 4 members (excludes halogenated alkanes) is 1. The Morgan fingerprint density at radius 2 is 1.96 bits per heavy atom. The minimum absolute atomic E-state index is 0.106. The lowest BCUT2D eigenvalue weighted by Gasteiger charge is -2.08. The van der Waals surface area contributed by atoms with Gasteiger partial charge in [-0.15, -0.1) is 0 Å². The van der Waals surface area contributed by atoms with E-state index < -0.39 is 0 Å². The van der Waals surface area contributed by atoms with E-state index in [1.165, 1.54) is 0 Å². The van der Waals surface area contributed by atoms with Crippen LogP contribution >= 0.6 is 11.6 Å². The maximum Gasteiger partial charge on any atom is 0.252 e. The molecule has 1 aromatic heterocycles. The molecule has 4 nitrogen and oxygen atoms in total. The molecule has 122 valence electrons. The first-order valence-corrected chi connectivity index (χ1v) is 8.28. The highest BCUT2D eigenvalue weighted by molar-refractivity contribution is 6.30. The lowest BCUT2D eigenvalue weighted by atomic mass is 10.1. The Kier molecular flexibility index (Phi) is 6.88. The van der Waals surface area contributed by atoms with Crippen LogP contribution < -0.4 is 10.6 Å². The van der Waals surface area contributed by atoms with E-state index in [0.29, 0.717) is 12.1 Å². The first-order chi connectivity index (χ1) is 11.2. The standard InChI is InChI=1S/C18H22ClN3O/c1-2-3-9-21-17-11-15(12-20-13-17)18(23)22-10-8-14-4-6-16(19)7-5-14/h4-7,11-13,21H,2-3,8-10H2,1H3,(H,22,23). The molecule has 0 atom stereocenters. The van der Waals surface area contributed by atoms with Crippen molar-refractivity contribution in [1.82, 2.24) is 10.3 Å². The average molecular weight is 332 g/mol. The zero-order valence-corrected chi connectivity index (χ0v) is 14.1. The highest BCUT2D eigenvalue weighted by Crippen LogP contribution is 2.10. The number of carbonyl (C=O) groups is 1. The van der Waals surface area contributed by atoms with Crippen molar-refractivity contribution in [3.05, 3.63) is 58.9 Å². The Morgan fingerprint density at radius 1 is 1.17 bits per heavy atom. The van der Waals surface area contributed by atoms with E-state index in [0.717, 1.165) is 42.1 Å². The summed E-state index contributed by atoms with van der Waals surface area (Å²) in [5, 5.41) is 6.91. The number of hydrogen-bond acceptors (Lipinski definition) is 3. The molecule has 5 heteroatoms. The summed E-state index contributed by atoms with van der Waals surface area (Å²) in [4.78, 5) is 16.3. The summed E-state index contributed by atoms with van der Waals surface area (Å²) >= 11 is 5.85. The van der Waals surface area contributed by atoms with Crippen LogP contribution in [-0.2, 0) is 6.42 Å². The summed E-state index contributed by atoms with van der Waals surface area (Å²) in [6.45, 7) is 3.61. The number of halogens is 1. The van der Waals surface area contributed by atoms with Gasteiger partial charge < -0.3 is 10.6 Å². The molecular formula is C18H22ClN3O. The summed E-state index contributed by atoms with van der Waals surface area (Å²) in [6.07, 6.45) is 6.32. The van der Waals surface area contributed by atoms with Gasteiger partial charge in [0.05, 0.1) is 11.3 Å². The molecule has 0 saturated carbocycles. The van der Waals surface area contributed by atoms with Gasteiger partial charge in [0.2, 0.25) is 0 Å². The summed E-state index contributed by atoms with van der Waals surface area (Å²) < 4.78 is 0. The summed E-state index contributed by atoms with van der Waals surface area (Å²) in [7, 11) is 0. The summed E-state index contributed by atoms with van der Waals surface area (Å²) in [5.41, 5.74) is 2.59. The lowest BCUT2D eigenvalue weighted by molar-refractivity contribution is 0.0954. The molecule has 2 rings (SSSR count). The van der Waals surface area contributed by atoms with Gasteiger partial charge in [-0.2, -0.15) is 0 Å². The molecule has 0 aliphatic rings. The van der Waals surface area contributed by atoms with Gasteiger partial charge in [-0.3, -0.25) is 9.78 Å². The van der Waals surface area contributed by atoms with Crippen molar-refractivity contribution < 1.29 is 4.79 Å². The van der Waals surface area contributed by atoms with E-state index in [-0.39, 0.29) is 5.91 Å². The highest BCUT2D eigenvalue weighted by atomic mass is 35.5. The topological polar surface area (TPSA) is 54.0 Å². The van der Waals surface area contributed by atoms with E-state index in [1.807, 2.05) is 30.3 Å².